The van der Waals surface area contributed by atoms with Gasteiger partial charge in [-0.15, -0.1) is 0 Å². The number of para-hydroxylation sites is 1. The molecule has 0 radical (unpaired) electrons. The van der Waals surface area contributed by atoms with Crippen LogP contribution in [0.1, 0.15) is 11.1 Å². The number of ether oxygens (including phenoxy) is 1. The predicted octanol–water partition coefficient (Wildman–Crippen LogP) is 3.46. The molecule has 1 N–H and O–H groups in total. The molecule has 0 fully saturated rings. The Morgan fingerprint density at radius 3 is 2.50 bits per heavy atom. The van der Waals surface area contributed by atoms with E-state index >= 15 is 0 Å². The lowest BCUT2D eigenvalue weighted by atomic mass is 10.1. The highest BCUT2D eigenvalue weighted by atomic mass is 16.5. The molecule has 0 unspecified atom stereocenters. The van der Waals surface area contributed by atoms with Gasteiger partial charge in [0.05, 0.1) is 18.5 Å². The van der Waals surface area contributed by atoms with Crippen LogP contribution < -0.4 is 10.3 Å². The Balaban J connectivity index is 2.11. The zero-order valence-electron chi connectivity index (χ0n) is 12.9. The average Bonchev–Trinajstić information content (AvgIpc) is 2.92. The second kappa shape index (κ2) is 5.56. The van der Waals surface area contributed by atoms with Gasteiger partial charge < -0.3 is 4.74 Å². The van der Waals surface area contributed by atoms with Gasteiger partial charge in [0.15, 0.2) is 0 Å². The summed E-state index contributed by atoms with van der Waals surface area (Å²) in [6.45, 7) is 4.09. The van der Waals surface area contributed by atoms with E-state index in [1.807, 2.05) is 49.4 Å². The molecule has 4 nitrogen and oxygen atoms in total. The fraction of sp³-hybridized carbons (Fsp3) is 0.167. The lowest BCUT2D eigenvalue weighted by molar-refractivity contribution is 0.416. The Morgan fingerprint density at radius 1 is 1.00 bits per heavy atom. The van der Waals surface area contributed by atoms with Crippen LogP contribution in [0.3, 0.4) is 0 Å². The fourth-order valence-corrected chi connectivity index (χ4v) is 2.46. The summed E-state index contributed by atoms with van der Waals surface area (Å²) >= 11 is 0. The molecule has 0 saturated carbocycles. The van der Waals surface area contributed by atoms with Crippen LogP contribution in [0.25, 0.3) is 16.9 Å². The average molecular weight is 294 g/mol. The van der Waals surface area contributed by atoms with Gasteiger partial charge in [-0.2, -0.15) is 0 Å². The van der Waals surface area contributed by atoms with Gasteiger partial charge in [0.1, 0.15) is 5.75 Å². The van der Waals surface area contributed by atoms with Crippen molar-refractivity contribution < 1.29 is 4.74 Å². The zero-order chi connectivity index (χ0) is 15.7. The second-order valence-corrected chi connectivity index (χ2v) is 5.31. The summed E-state index contributed by atoms with van der Waals surface area (Å²) in [5.74, 6) is 0.732. The van der Waals surface area contributed by atoms with Crippen molar-refractivity contribution in [3.05, 3.63) is 70.0 Å². The lowest BCUT2D eigenvalue weighted by Gasteiger charge is -2.07. The Bertz CT molecular complexity index is 875. The first-order valence-corrected chi connectivity index (χ1v) is 7.13. The highest BCUT2D eigenvalue weighted by molar-refractivity contribution is 5.67. The molecule has 0 bridgehead atoms. The third kappa shape index (κ3) is 2.44. The third-order valence-corrected chi connectivity index (χ3v) is 3.87. The largest absolute Gasteiger partial charge is 0.496 e. The second-order valence-electron chi connectivity index (χ2n) is 5.31. The number of aromatic nitrogens is 2. The van der Waals surface area contributed by atoms with Gasteiger partial charge in [-0.1, -0.05) is 18.2 Å². The van der Waals surface area contributed by atoms with Crippen LogP contribution in [0.15, 0.2) is 53.3 Å². The highest BCUT2D eigenvalue weighted by Crippen LogP contribution is 2.27. The van der Waals surface area contributed by atoms with Gasteiger partial charge in [-0.25, -0.2) is 4.68 Å². The summed E-state index contributed by atoms with van der Waals surface area (Å²) in [6.07, 6.45) is 0. The van der Waals surface area contributed by atoms with Crippen LogP contribution in [0, 0.1) is 13.8 Å². The summed E-state index contributed by atoms with van der Waals surface area (Å²) in [5, 5.41) is 3.16. The van der Waals surface area contributed by atoms with Crippen LogP contribution in [0.5, 0.6) is 5.75 Å². The van der Waals surface area contributed by atoms with Crippen molar-refractivity contribution in [1.82, 2.24) is 9.78 Å². The number of rotatable bonds is 3. The van der Waals surface area contributed by atoms with Crippen LogP contribution in [0.4, 0.5) is 0 Å². The van der Waals surface area contributed by atoms with Gasteiger partial charge in [-0.05, 0) is 49.2 Å². The van der Waals surface area contributed by atoms with Crippen molar-refractivity contribution in [2.75, 3.05) is 7.11 Å². The Morgan fingerprint density at radius 2 is 1.77 bits per heavy atom. The van der Waals surface area contributed by atoms with E-state index < -0.39 is 0 Å². The number of nitrogens with one attached hydrogen (secondary N) is 1. The van der Waals surface area contributed by atoms with Gasteiger partial charge in [0.2, 0.25) is 0 Å². The SMILES string of the molecule is COc1ccccc1-c1cc(=O)n(-c2ccc(C)c(C)c2)[nH]1. The first-order valence-electron chi connectivity index (χ1n) is 7.13. The van der Waals surface area contributed by atoms with Gasteiger partial charge in [-0.3, -0.25) is 9.89 Å². The monoisotopic (exact) mass is 294 g/mol. The first-order chi connectivity index (χ1) is 10.6. The van der Waals surface area contributed by atoms with E-state index in [2.05, 4.69) is 12.0 Å². The number of aromatic amines is 1. The van der Waals surface area contributed by atoms with Crippen LogP contribution in [-0.2, 0) is 0 Å². The maximum Gasteiger partial charge on any atom is 0.271 e. The minimum Gasteiger partial charge on any atom is -0.496 e. The number of nitrogens with zero attached hydrogens (tertiary/aromatic N) is 1. The van der Waals surface area contributed by atoms with Gasteiger partial charge in [0, 0.05) is 11.6 Å². The Labute approximate surface area is 129 Å². The molecule has 22 heavy (non-hydrogen) atoms. The topological polar surface area (TPSA) is 47.0 Å². The molecule has 0 saturated heterocycles. The third-order valence-electron chi connectivity index (χ3n) is 3.87. The van der Waals surface area contributed by atoms with Crippen molar-refractivity contribution >= 4 is 0 Å². The van der Waals surface area contributed by atoms with Crippen molar-refractivity contribution in [3.8, 4) is 22.7 Å². The van der Waals surface area contributed by atoms with Crippen LogP contribution in [-0.4, -0.2) is 16.9 Å². The normalized spacial score (nSPS) is 10.7. The maximum atomic E-state index is 12.3. The molecule has 0 amide bonds. The number of hydrogen-bond donors (Lipinski definition) is 1. The molecule has 112 valence electrons. The molecule has 0 spiro atoms. The number of benzene rings is 2. The van der Waals surface area contributed by atoms with E-state index in [-0.39, 0.29) is 5.56 Å². The van der Waals surface area contributed by atoms with E-state index in [1.54, 1.807) is 17.9 Å². The Hall–Kier alpha value is -2.75. The van der Waals surface area contributed by atoms with Crippen molar-refractivity contribution in [2.45, 2.75) is 13.8 Å². The van der Waals surface area contributed by atoms with E-state index in [4.69, 9.17) is 4.74 Å². The van der Waals surface area contributed by atoms with Crippen molar-refractivity contribution in [1.29, 1.82) is 0 Å². The summed E-state index contributed by atoms with van der Waals surface area (Å²) in [4.78, 5) is 12.3. The van der Waals surface area contributed by atoms with E-state index in [1.165, 1.54) is 5.56 Å². The number of hydrogen-bond acceptors (Lipinski definition) is 2. The summed E-state index contributed by atoms with van der Waals surface area (Å²) < 4.78 is 6.91. The molecular weight excluding hydrogens is 276 g/mol. The minimum absolute atomic E-state index is 0.0934. The molecule has 2 aromatic carbocycles. The van der Waals surface area contributed by atoms with Crippen molar-refractivity contribution in [3.63, 3.8) is 0 Å². The van der Waals surface area contributed by atoms with Gasteiger partial charge >= 0.3 is 0 Å². The molecule has 3 rings (SSSR count). The quantitative estimate of drug-likeness (QED) is 0.804. The molecule has 3 aromatic rings. The van der Waals surface area contributed by atoms with E-state index in [0.29, 0.717) is 0 Å². The number of H-pyrrole nitrogens is 1. The molecule has 0 aliphatic heterocycles. The fourth-order valence-electron chi connectivity index (χ4n) is 2.46. The van der Waals surface area contributed by atoms with Gasteiger partial charge in [0.25, 0.3) is 5.56 Å². The molecule has 0 atom stereocenters. The van der Waals surface area contributed by atoms with E-state index in [0.717, 1.165) is 28.3 Å². The van der Waals surface area contributed by atoms with Crippen molar-refractivity contribution in [2.24, 2.45) is 0 Å². The Kier molecular flexibility index (Phi) is 3.59. The summed E-state index contributed by atoms with van der Waals surface area (Å²) in [7, 11) is 1.62. The maximum absolute atomic E-state index is 12.3. The summed E-state index contributed by atoms with van der Waals surface area (Å²) in [5.41, 5.74) is 4.69. The number of methoxy groups -OCH3 is 1. The molecule has 0 aliphatic carbocycles. The highest BCUT2D eigenvalue weighted by Gasteiger charge is 2.11. The number of aryl methyl sites for hydroxylation is 2. The first kappa shape index (κ1) is 14.2. The predicted molar refractivity (Wildman–Crippen MR) is 87.9 cm³/mol. The molecule has 1 aromatic heterocycles. The standard InChI is InChI=1S/C18H18N2O2/c1-12-8-9-14(10-13(12)2)20-18(21)11-16(19-20)15-6-4-5-7-17(15)22-3/h4-11,19H,1-3H3. The molecule has 4 heteroatoms. The summed E-state index contributed by atoms with van der Waals surface area (Å²) in [6, 6.07) is 15.2. The van der Waals surface area contributed by atoms with Crippen LogP contribution >= 0.6 is 0 Å². The van der Waals surface area contributed by atoms with Crippen LogP contribution in [0.2, 0.25) is 0 Å². The smallest absolute Gasteiger partial charge is 0.271 e. The van der Waals surface area contributed by atoms with E-state index in [9.17, 15) is 4.79 Å². The molecular formula is C18H18N2O2. The minimum atomic E-state index is -0.0934. The zero-order valence-corrected chi connectivity index (χ0v) is 12.9. The lowest BCUT2D eigenvalue weighted by Crippen LogP contribution is -2.13. The molecule has 0 aliphatic rings. The molecule has 1 heterocycles.